The van der Waals surface area contributed by atoms with E-state index in [1.165, 1.54) is 29.5 Å². The summed E-state index contributed by atoms with van der Waals surface area (Å²) in [5, 5.41) is 37.7. The Kier molecular flexibility index (Phi) is 8.27. The summed E-state index contributed by atoms with van der Waals surface area (Å²) in [5.41, 5.74) is 9.32. The minimum absolute atomic E-state index is 0. The van der Waals surface area contributed by atoms with Crippen LogP contribution in [0.3, 0.4) is 0 Å². The Bertz CT molecular complexity index is 2320. The number of para-hydroxylation sites is 4. The Labute approximate surface area is 341 Å². The van der Waals surface area contributed by atoms with Gasteiger partial charge < -0.3 is 36.2 Å². The fourth-order valence-electron chi connectivity index (χ4n) is 12.4. The highest BCUT2D eigenvalue weighted by Crippen LogP contribution is 2.59. The molecule has 0 bridgehead atoms. The fourth-order valence-corrected chi connectivity index (χ4v) is 12.4. The van der Waals surface area contributed by atoms with Crippen LogP contribution >= 0.6 is 0 Å². The van der Waals surface area contributed by atoms with Gasteiger partial charge in [-0.15, -0.1) is 0 Å². The third kappa shape index (κ3) is 4.60. The lowest BCUT2D eigenvalue weighted by Crippen LogP contribution is -2.47. The van der Waals surface area contributed by atoms with Crippen molar-refractivity contribution in [3.63, 3.8) is 0 Å². The highest BCUT2D eigenvalue weighted by Gasteiger charge is 2.61. The number of carbonyl (C=O) groups is 1. The molecule has 8 unspecified atom stereocenters. The SMILES string of the molecule is C.CN1CCC2(O)c3cccc(C45CCN(C)C4Nc4ccccc45)c3NC12.COC(=O)N1CCC2(c3cccc4c3NC3N(C)CCC43O)c3ccccc3NC12. The van der Waals surface area contributed by atoms with E-state index in [-0.39, 0.29) is 43.6 Å². The van der Waals surface area contributed by atoms with E-state index < -0.39 is 16.6 Å². The largest absolute Gasteiger partial charge is 0.453 e. The van der Waals surface area contributed by atoms with Gasteiger partial charge in [0, 0.05) is 60.1 Å². The van der Waals surface area contributed by atoms with E-state index in [2.05, 4.69) is 117 Å². The number of ether oxygens (including phenoxy) is 1. The molecule has 0 radical (unpaired) electrons. The number of anilines is 4. The Morgan fingerprint density at radius 3 is 1.50 bits per heavy atom. The van der Waals surface area contributed by atoms with E-state index in [1.54, 1.807) is 4.90 Å². The van der Waals surface area contributed by atoms with Crippen molar-refractivity contribution in [1.29, 1.82) is 0 Å². The molecule has 0 saturated carbocycles. The van der Waals surface area contributed by atoms with Crippen LogP contribution in [0, 0.1) is 0 Å². The van der Waals surface area contributed by atoms with Crippen LogP contribution in [0.4, 0.5) is 27.5 Å². The first kappa shape index (κ1) is 37.4. The quantitative estimate of drug-likeness (QED) is 0.156. The maximum Gasteiger partial charge on any atom is 0.411 e. The summed E-state index contributed by atoms with van der Waals surface area (Å²) in [6.07, 6.45) is 2.87. The van der Waals surface area contributed by atoms with E-state index in [0.717, 1.165) is 72.6 Å². The molecule has 58 heavy (non-hydrogen) atoms. The number of hydrogen-bond acceptors (Lipinski definition) is 11. The van der Waals surface area contributed by atoms with E-state index in [4.69, 9.17) is 4.74 Å². The average molecular weight is 785 g/mol. The molecule has 8 aliphatic rings. The van der Waals surface area contributed by atoms with E-state index in [1.807, 2.05) is 25.2 Å². The number of fused-ring (bicyclic) bond motifs is 12. The molecule has 8 heterocycles. The number of benzene rings is 4. The molecular formula is C46H56N8O4. The van der Waals surface area contributed by atoms with E-state index >= 15 is 0 Å². The minimum Gasteiger partial charge on any atom is -0.453 e. The van der Waals surface area contributed by atoms with Gasteiger partial charge in [-0.05, 0) is 81.2 Å². The highest BCUT2D eigenvalue weighted by atomic mass is 16.5. The predicted octanol–water partition coefficient (Wildman–Crippen LogP) is 5.44. The Morgan fingerprint density at radius 1 is 0.552 bits per heavy atom. The molecule has 4 aromatic carbocycles. The van der Waals surface area contributed by atoms with Crippen LogP contribution in [-0.4, -0.2) is 115 Å². The monoisotopic (exact) mass is 784 g/mol. The van der Waals surface area contributed by atoms with Gasteiger partial charge in [-0.25, -0.2) is 4.79 Å². The lowest BCUT2D eigenvalue weighted by atomic mass is 9.72. The van der Waals surface area contributed by atoms with Crippen LogP contribution < -0.4 is 21.3 Å². The van der Waals surface area contributed by atoms with Crippen molar-refractivity contribution in [2.75, 3.05) is 75.7 Å². The van der Waals surface area contributed by atoms with Gasteiger partial charge in [0.25, 0.3) is 0 Å². The Hall–Kier alpha value is -4.85. The average Bonchev–Trinajstić information content (AvgIpc) is 4.10. The number of carbonyl (C=O) groups excluding carboxylic acids is 1. The molecule has 6 N–H and O–H groups in total. The summed E-state index contributed by atoms with van der Waals surface area (Å²) in [4.78, 5) is 21.2. The molecule has 0 aromatic heterocycles. The molecule has 0 spiro atoms. The van der Waals surface area contributed by atoms with Gasteiger partial charge >= 0.3 is 6.09 Å². The zero-order valence-corrected chi connectivity index (χ0v) is 33.0. The molecular weight excluding hydrogens is 729 g/mol. The third-order valence-electron chi connectivity index (χ3n) is 15.2. The normalized spacial score (nSPS) is 34.3. The second-order valence-corrected chi connectivity index (χ2v) is 17.6. The van der Waals surface area contributed by atoms with Gasteiger partial charge in [-0.2, -0.15) is 0 Å². The van der Waals surface area contributed by atoms with Gasteiger partial charge in [0.2, 0.25) is 0 Å². The van der Waals surface area contributed by atoms with Crippen LogP contribution in [0.15, 0.2) is 84.9 Å². The zero-order valence-electron chi connectivity index (χ0n) is 33.0. The lowest BCUT2D eigenvalue weighted by Gasteiger charge is -2.34. The smallest absolute Gasteiger partial charge is 0.411 e. The van der Waals surface area contributed by atoms with Crippen molar-refractivity contribution in [3.05, 3.63) is 118 Å². The molecule has 1 amide bonds. The molecule has 4 fully saturated rings. The van der Waals surface area contributed by atoms with E-state index in [0.29, 0.717) is 13.0 Å². The fraction of sp³-hybridized carbons (Fsp3) is 0.457. The first-order valence-electron chi connectivity index (χ1n) is 20.5. The number of likely N-dealkylation sites (N-methyl/N-ethyl adjacent to an activating group) is 3. The van der Waals surface area contributed by atoms with Crippen molar-refractivity contribution >= 4 is 28.8 Å². The number of nitrogens with one attached hydrogen (secondary N) is 4. The van der Waals surface area contributed by atoms with Gasteiger partial charge in [0.1, 0.15) is 29.7 Å². The summed E-state index contributed by atoms with van der Waals surface area (Å²) in [6.45, 7) is 3.43. The van der Waals surface area contributed by atoms with Gasteiger partial charge in [-0.1, -0.05) is 80.2 Å². The molecule has 304 valence electrons. The van der Waals surface area contributed by atoms with Crippen LogP contribution in [-0.2, 0) is 26.8 Å². The number of methoxy groups -OCH3 is 1. The van der Waals surface area contributed by atoms with Crippen molar-refractivity contribution < 1.29 is 19.7 Å². The summed E-state index contributed by atoms with van der Waals surface area (Å²) in [7, 11) is 7.78. The van der Waals surface area contributed by atoms with Gasteiger partial charge in [-0.3, -0.25) is 19.6 Å². The van der Waals surface area contributed by atoms with Crippen molar-refractivity contribution in [1.82, 2.24) is 19.6 Å². The Balaban J connectivity index is 0.000000139. The van der Waals surface area contributed by atoms with Crippen molar-refractivity contribution in [3.8, 4) is 0 Å². The third-order valence-corrected chi connectivity index (χ3v) is 15.2. The van der Waals surface area contributed by atoms with Crippen LogP contribution in [0.25, 0.3) is 0 Å². The maximum atomic E-state index is 12.6. The summed E-state index contributed by atoms with van der Waals surface area (Å²) in [5.74, 6) is 0. The number of nitrogens with zero attached hydrogens (tertiary/aromatic N) is 4. The Morgan fingerprint density at radius 2 is 0.966 bits per heavy atom. The number of hydrogen-bond donors (Lipinski definition) is 6. The topological polar surface area (TPSA) is 128 Å². The zero-order chi connectivity index (χ0) is 39.1. The number of amides is 1. The second kappa shape index (κ2) is 12.8. The predicted molar refractivity (Wildman–Crippen MR) is 227 cm³/mol. The minimum atomic E-state index is -0.890. The number of aliphatic hydroxyl groups is 2. The van der Waals surface area contributed by atoms with Gasteiger partial charge in [0.15, 0.2) is 0 Å². The molecule has 4 saturated heterocycles. The summed E-state index contributed by atoms with van der Waals surface area (Å²) >= 11 is 0. The van der Waals surface area contributed by atoms with Crippen molar-refractivity contribution in [2.24, 2.45) is 0 Å². The number of likely N-dealkylation sites (tertiary alicyclic amines) is 4. The molecule has 8 atom stereocenters. The highest BCUT2D eigenvalue weighted by molar-refractivity contribution is 5.79. The molecule has 12 nitrogen and oxygen atoms in total. The van der Waals surface area contributed by atoms with Crippen LogP contribution in [0.2, 0.25) is 0 Å². The van der Waals surface area contributed by atoms with Gasteiger partial charge in [0.05, 0.1) is 24.1 Å². The lowest BCUT2D eigenvalue weighted by molar-refractivity contribution is 0.0238. The first-order chi connectivity index (χ1) is 27.6. The molecule has 0 aliphatic carbocycles. The summed E-state index contributed by atoms with van der Waals surface area (Å²) in [6, 6.07) is 29.8. The molecule has 12 rings (SSSR count). The number of rotatable bonds is 2. The van der Waals surface area contributed by atoms with Crippen LogP contribution in [0.5, 0.6) is 0 Å². The molecule has 4 aromatic rings. The second-order valence-electron chi connectivity index (χ2n) is 17.6. The standard InChI is InChI=1S/C23H26N4O3.C22H26N4O.CH4/c1-26-12-11-23(29)16-8-5-7-15(18(16)25-20(23)26)22-10-13-27(21(28)30-2)19(22)24-17-9-4-3-6-14(17)22;1-25-12-10-21(14-6-3-4-9-17(14)23-19(21)25)15-7-5-8-16-18(15)24-20-22(16,27)11-13-26(20)2;/h3-9,19-20,24-25,29H,10-13H2,1-2H3;3-9,19-20,23-24,27H,10-13H2,1-2H3;1H4. The molecule has 8 aliphatic heterocycles. The summed E-state index contributed by atoms with van der Waals surface area (Å²) < 4.78 is 5.09. The van der Waals surface area contributed by atoms with Crippen molar-refractivity contribution in [2.45, 2.75) is 79.8 Å². The van der Waals surface area contributed by atoms with Crippen LogP contribution in [0.1, 0.15) is 66.5 Å². The molecule has 12 heteroatoms. The maximum absolute atomic E-state index is 12.6. The first-order valence-corrected chi connectivity index (χ1v) is 20.5. The van der Waals surface area contributed by atoms with E-state index in [9.17, 15) is 15.0 Å².